The zero-order chi connectivity index (χ0) is 11.4. The summed E-state index contributed by atoms with van der Waals surface area (Å²) in [5.41, 5.74) is 0. The van der Waals surface area contributed by atoms with Gasteiger partial charge in [0.2, 0.25) is 5.91 Å². The lowest BCUT2D eigenvalue weighted by Crippen LogP contribution is -2.44. The molecule has 1 aliphatic rings. The molecule has 84 valence electrons. The fourth-order valence-corrected chi connectivity index (χ4v) is 1.91. The lowest BCUT2D eigenvalue weighted by atomic mass is 10.0. The van der Waals surface area contributed by atoms with Crippen LogP contribution in [0.1, 0.15) is 19.3 Å². The van der Waals surface area contributed by atoms with Crippen LogP contribution in [-0.2, 0) is 11.3 Å². The summed E-state index contributed by atoms with van der Waals surface area (Å²) in [6, 6.07) is 1.90. The fraction of sp³-hybridized carbons (Fsp3) is 0.600. The van der Waals surface area contributed by atoms with E-state index in [4.69, 9.17) is 5.26 Å². The van der Waals surface area contributed by atoms with Crippen molar-refractivity contribution >= 4 is 5.91 Å². The number of amides is 1. The number of likely N-dealkylation sites (tertiary alicyclic amines) is 1. The van der Waals surface area contributed by atoms with Crippen LogP contribution in [0.2, 0.25) is 0 Å². The normalized spacial score (nSPS) is 20.4. The summed E-state index contributed by atoms with van der Waals surface area (Å²) in [5, 5.41) is 12.8. The Morgan fingerprint density at radius 3 is 3.12 bits per heavy atom. The van der Waals surface area contributed by atoms with E-state index in [0.717, 1.165) is 19.3 Å². The van der Waals surface area contributed by atoms with E-state index in [1.165, 1.54) is 17.3 Å². The number of hydrogen-bond acceptors (Lipinski definition) is 4. The van der Waals surface area contributed by atoms with Gasteiger partial charge < -0.3 is 4.90 Å². The lowest BCUT2D eigenvalue weighted by Gasteiger charge is -2.31. The van der Waals surface area contributed by atoms with E-state index in [9.17, 15) is 4.79 Å². The molecule has 2 heterocycles. The third-order valence-corrected chi connectivity index (χ3v) is 2.74. The minimum absolute atomic E-state index is 0.0586. The number of rotatable bonds is 2. The molecule has 2 rings (SSSR count). The first-order chi connectivity index (χ1) is 7.81. The predicted octanol–water partition coefficient (Wildman–Crippen LogP) is 0.183. The number of carbonyl (C=O) groups is 1. The highest BCUT2D eigenvalue weighted by Gasteiger charge is 2.26. The Morgan fingerprint density at radius 2 is 2.44 bits per heavy atom. The predicted molar refractivity (Wildman–Crippen MR) is 55.0 cm³/mol. The van der Waals surface area contributed by atoms with Gasteiger partial charge in [-0.1, -0.05) is 0 Å². The van der Waals surface area contributed by atoms with Crippen molar-refractivity contribution in [1.29, 1.82) is 5.26 Å². The molecule has 1 saturated heterocycles. The first kappa shape index (κ1) is 10.6. The molecule has 6 heteroatoms. The summed E-state index contributed by atoms with van der Waals surface area (Å²) in [6.07, 6.45) is 5.67. The second-order valence-electron chi connectivity index (χ2n) is 3.82. The molecular weight excluding hydrogens is 206 g/mol. The topological polar surface area (TPSA) is 74.8 Å². The van der Waals surface area contributed by atoms with Crippen LogP contribution in [0.3, 0.4) is 0 Å². The quantitative estimate of drug-likeness (QED) is 0.711. The van der Waals surface area contributed by atoms with Crippen molar-refractivity contribution in [3.8, 4) is 6.07 Å². The Morgan fingerprint density at radius 1 is 1.56 bits per heavy atom. The number of hydrogen-bond donors (Lipinski definition) is 0. The summed E-state index contributed by atoms with van der Waals surface area (Å²) < 4.78 is 1.48. The van der Waals surface area contributed by atoms with E-state index < -0.39 is 0 Å². The lowest BCUT2D eigenvalue weighted by molar-refractivity contribution is -0.134. The van der Waals surface area contributed by atoms with Crippen LogP contribution in [0.5, 0.6) is 0 Å². The summed E-state index contributed by atoms with van der Waals surface area (Å²) >= 11 is 0. The summed E-state index contributed by atoms with van der Waals surface area (Å²) in [6.45, 7) is 0.837. The SMILES string of the molecule is N#CC1CCCCN1C(=O)Cn1cncn1. The molecule has 16 heavy (non-hydrogen) atoms. The molecule has 0 aromatic carbocycles. The Kier molecular flexibility index (Phi) is 3.15. The Hall–Kier alpha value is -1.90. The minimum Gasteiger partial charge on any atom is -0.325 e. The van der Waals surface area contributed by atoms with Gasteiger partial charge in [0.15, 0.2) is 0 Å². The third-order valence-electron chi connectivity index (χ3n) is 2.74. The van der Waals surface area contributed by atoms with Crippen molar-refractivity contribution in [3.05, 3.63) is 12.7 Å². The van der Waals surface area contributed by atoms with Gasteiger partial charge in [0.1, 0.15) is 25.2 Å². The van der Waals surface area contributed by atoms with Crippen LogP contribution in [0.25, 0.3) is 0 Å². The highest BCUT2D eigenvalue weighted by atomic mass is 16.2. The molecular formula is C10H13N5O. The molecule has 0 spiro atoms. The van der Waals surface area contributed by atoms with Gasteiger partial charge in [0.05, 0.1) is 6.07 Å². The van der Waals surface area contributed by atoms with Gasteiger partial charge in [-0.15, -0.1) is 0 Å². The van der Waals surface area contributed by atoms with Crippen molar-refractivity contribution in [2.24, 2.45) is 0 Å². The first-order valence-corrected chi connectivity index (χ1v) is 5.33. The highest BCUT2D eigenvalue weighted by molar-refractivity contribution is 5.76. The monoisotopic (exact) mass is 219 g/mol. The van der Waals surface area contributed by atoms with Gasteiger partial charge in [-0.25, -0.2) is 9.67 Å². The molecule has 1 unspecified atom stereocenters. The van der Waals surface area contributed by atoms with Crippen molar-refractivity contribution < 1.29 is 4.79 Å². The van der Waals surface area contributed by atoms with Gasteiger partial charge >= 0.3 is 0 Å². The number of carbonyl (C=O) groups excluding carboxylic acids is 1. The molecule has 0 saturated carbocycles. The number of nitriles is 1. The zero-order valence-corrected chi connectivity index (χ0v) is 8.91. The van der Waals surface area contributed by atoms with E-state index in [2.05, 4.69) is 16.2 Å². The first-order valence-electron chi connectivity index (χ1n) is 5.33. The molecule has 1 fully saturated rings. The maximum absolute atomic E-state index is 11.9. The Labute approximate surface area is 93.5 Å². The van der Waals surface area contributed by atoms with E-state index >= 15 is 0 Å². The van der Waals surface area contributed by atoms with Crippen LogP contribution in [0.15, 0.2) is 12.7 Å². The van der Waals surface area contributed by atoms with Crippen molar-refractivity contribution in [2.75, 3.05) is 6.54 Å². The molecule has 0 radical (unpaired) electrons. The summed E-state index contributed by atoms with van der Waals surface area (Å²) in [7, 11) is 0. The van der Waals surface area contributed by atoms with Crippen molar-refractivity contribution in [2.45, 2.75) is 31.8 Å². The molecule has 1 amide bonds. The van der Waals surface area contributed by atoms with Crippen molar-refractivity contribution in [1.82, 2.24) is 19.7 Å². The third kappa shape index (κ3) is 2.19. The maximum Gasteiger partial charge on any atom is 0.245 e. The molecule has 1 aromatic heterocycles. The molecule has 0 aliphatic carbocycles. The molecule has 0 N–H and O–H groups in total. The second kappa shape index (κ2) is 4.75. The second-order valence-corrected chi connectivity index (χ2v) is 3.82. The Balaban J connectivity index is 2.00. The van der Waals surface area contributed by atoms with Gasteiger partial charge in [-0.3, -0.25) is 4.79 Å². The van der Waals surface area contributed by atoms with E-state index in [0.29, 0.717) is 6.54 Å². The fourth-order valence-electron chi connectivity index (χ4n) is 1.91. The van der Waals surface area contributed by atoms with Crippen LogP contribution >= 0.6 is 0 Å². The molecule has 1 aliphatic heterocycles. The average molecular weight is 219 g/mol. The van der Waals surface area contributed by atoms with E-state index in [1.807, 2.05) is 0 Å². The number of aromatic nitrogens is 3. The summed E-state index contributed by atoms with van der Waals surface area (Å²) in [4.78, 5) is 17.3. The minimum atomic E-state index is -0.273. The van der Waals surface area contributed by atoms with Gasteiger partial charge in [-0.2, -0.15) is 10.4 Å². The standard InChI is InChI=1S/C10H13N5O/c11-5-9-3-1-2-4-15(9)10(16)6-14-8-12-7-13-14/h7-9H,1-4,6H2. The van der Waals surface area contributed by atoms with Crippen LogP contribution in [-0.4, -0.2) is 38.2 Å². The van der Waals surface area contributed by atoms with Gasteiger partial charge in [0, 0.05) is 6.54 Å². The van der Waals surface area contributed by atoms with Gasteiger partial charge in [-0.05, 0) is 19.3 Å². The number of piperidine rings is 1. The summed E-state index contributed by atoms with van der Waals surface area (Å²) in [5.74, 6) is -0.0586. The van der Waals surface area contributed by atoms with Crippen LogP contribution < -0.4 is 0 Å². The number of nitrogens with zero attached hydrogens (tertiary/aromatic N) is 5. The van der Waals surface area contributed by atoms with Crippen LogP contribution in [0.4, 0.5) is 0 Å². The van der Waals surface area contributed by atoms with Crippen LogP contribution in [0, 0.1) is 11.3 Å². The molecule has 6 nitrogen and oxygen atoms in total. The largest absolute Gasteiger partial charge is 0.325 e. The smallest absolute Gasteiger partial charge is 0.245 e. The maximum atomic E-state index is 11.9. The van der Waals surface area contributed by atoms with Crippen molar-refractivity contribution in [3.63, 3.8) is 0 Å². The zero-order valence-electron chi connectivity index (χ0n) is 8.91. The van der Waals surface area contributed by atoms with Gasteiger partial charge in [0.25, 0.3) is 0 Å². The molecule has 1 aromatic rings. The molecule has 1 atom stereocenters. The van der Waals surface area contributed by atoms with E-state index in [-0.39, 0.29) is 18.5 Å². The van der Waals surface area contributed by atoms with E-state index in [1.54, 1.807) is 4.90 Å². The average Bonchev–Trinajstić information content (AvgIpc) is 2.81. The Bertz CT molecular complexity index is 394. The highest BCUT2D eigenvalue weighted by Crippen LogP contribution is 2.16. The molecule has 0 bridgehead atoms.